The van der Waals surface area contributed by atoms with Gasteiger partial charge >= 0.3 is 0 Å². The first-order valence-electron chi connectivity index (χ1n) is 7.72. The van der Waals surface area contributed by atoms with Gasteiger partial charge < -0.3 is 5.32 Å². The van der Waals surface area contributed by atoms with Crippen molar-refractivity contribution in [2.45, 2.75) is 57.5 Å². The highest BCUT2D eigenvalue weighted by molar-refractivity contribution is 7.89. The largest absolute Gasteiger partial charge is 0.357 e. The molecule has 0 aliphatic carbocycles. The Morgan fingerprint density at radius 3 is 2.12 bits per heavy atom. The highest BCUT2D eigenvalue weighted by Crippen LogP contribution is 2.14. The number of amides is 1. The van der Waals surface area contributed by atoms with Crippen molar-refractivity contribution in [1.29, 1.82) is 0 Å². The number of benzene rings is 1. The zero-order valence-electron chi connectivity index (χ0n) is 15.4. The molecule has 0 bridgehead atoms. The summed E-state index contributed by atoms with van der Waals surface area (Å²) in [6, 6.07) is 5.78. The first-order valence-corrected chi connectivity index (χ1v) is 9.61. The second-order valence-corrected chi connectivity index (χ2v) is 9.76. The minimum atomic E-state index is -3.72. The van der Waals surface area contributed by atoms with E-state index in [4.69, 9.17) is 12.2 Å². The highest BCUT2D eigenvalue weighted by atomic mass is 32.2. The number of hydrogen-bond donors (Lipinski definition) is 4. The molecule has 0 aromatic heterocycles. The lowest BCUT2D eigenvalue weighted by molar-refractivity contribution is 0.0943. The van der Waals surface area contributed by atoms with E-state index in [1.54, 1.807) is 20.8 Å². The van der Waals surface area contributed by atoms with Crippen molar-refractivity contribution in [3.05, 3.63) is 29.8 Å². The third kappa shape index (κ3) is 7.80. The van der Waals surface area contributed by atoms with Gasteiger partial charge in [-0.1, -0.05) is 6.07 Å². The maximum atomic E-state index is 12.4. The van der Waals surface area contributed by atoms with Crippen LogP contribution in [0, 0.1) is 0 Å². The Morgan fingerprint density at radius 1 is 1.00 bits per heavy atom. The maximum Gasteiger partial charge on any atom is 0.269 e. The molecule has 140 valence electrons. The van der Waals surface area contributed by atoms with Gasteiger partial charge in [0.2, 0.25) is 10.0 Å². The molecule has 25 heavy (non-hydrogen) atoms. The predicted molar refractivity (Wildman–Crippen MR) is 103 cm³/mol. The minimum Gasteiger partial charge on any atom is -0.357 e. The molecule has 1 amide bonds. The third-order valence-electron chi connectivity index (χ3n) is 2.63. The summed E-state index contributed by atoms with van der Waals surface area (Å²) in [6.07, 6.45) is 0. The number of sulfonamides is 1. The van der Waals surface area contributed by atoms with Gasteiger partial charge in [-0.3, -0.25) is 15.6 Å². The summed E-state index contributed by atoms with van der Waals surface area (Å²) in [6.45, 7) is 11.0. The zero-order valence-corrected chi connectivity index (χ0v) is 17.0. The van der Waals surface area contributed by atoms with Gasteiger partial charge in [0, 0.05) is 16.6 Å². The number of nitrogens with one attached hydrogen (secondary N) is 4. The first-order chi connectivity index (χ1) is 11.2. The monoisotopic (exact) mass is 386 g/mol. The molecule has 0 aliphatic rings. The molecule has 1 rings (SSSR count). The van der Waals surface area contributed by atoms with Crippen LogP contribution in [0.2, 0.25) is 0 Å². The molecule has 7 nitrogen and oxygen atoms in total. The summed E-state index contributed by atoms with van der Waals surface area (Å²) in [5, 5.41) is 3.25. The second kappa shape index (κ2) is 7.67. The van der Waals surface area contributed by atoms with E-state index >= 15 is 0 Å². The van der Waals surface area contributed by atoms with Crippen LogP contribution in [0.25, 0.3) is 0 Å². The Morgan fingerprint density at radius 2 is 1.60 bits per heavy atom. The van der Waals surface area contributed by atoms with E-state index < -0.39 is 21.5 Å². The van der Waals surface area contributed by atoms with Crippen molar-refractivity contribution in [3.63, 3.8) is 0 Å². The fourth-order valence-electron chi connectivity index (χ4n) is 1.82. The quantitative estimate of drug-likeness (QED) is 0.466. The van der Waals surface area contributed by atoms with Crippen LogP contribution in [0.15, 0.2) is 29.2 Å². The Hall–Kier alpha value is -1.71. The summed E-state index contributed by atoms with van der Waals surface area (Å²) in [4.78, 5) is 12.2. The van der Waals surface area contributed by atoms with Crippen LogP contribution in [0.1, 0.15) is 51.9 Å². The van der Waals surface area contributed by atoms with Gasteiger partial charge in [-0.15, -0.1) is 0 Å². The molecule has 0 radical (unpaired) electrons. The fraction of sp³-hybridized carbons (Fsp3) is 0.500. The molecule has 0 unspecified atom stereocenters. The molecule has 0 saturated heterocycles. The van der Waals surface area contributed by atoms with Crippen LogP contribution in [-0.2, 0) is 10.0 Å². The zero-order chi connectivity index (χ0) is 19.5. The Bertz CT molecular complexity index is 747. The molecule has 0 aliphatic heterocycles. The number of thiocarbonyl (C=S) groups is 1. The van der Waals surface area contributed by atoms with Crippen molar-refractivity contribution in [3.8, 4) is 0 Å². The molecule has 0 spiro atoms. The van der Waals surface area contributed by atoms with E-state index in [1.807, 2.05) is 20.8 Å². The van der Waals surface area contributed by atoms with Gasteiger partial charge in [0.05, 0.1) is 4.90 Å². The highest BCUT2D eigenvalue weighted by Gasteiger charge is 2.22. The minimum absolute atomic E-state index is 0.0190. The molecular formula is C16H26N4O3S2. The molecule has 0 heterocycles. The van der Waals surface area contributed by atoms with Gasteiger partial charge in [0.15, 0.2) is 5.11 Å². The number of hydrazine groups is 1. The molecule has 1 aromatic carbocycles. The van der Waals surface area contributed by atoms with Crippen molar-refractivity contribution in [1.82, 2.24) is 20.9 Å². The summed E-state index contributed by atoms with van der Waals surface area (Å²) >= 11 is 5.07. The lowest BCUT2D eigenvalue weighted by atomic mass is 10.1. The van der Waals surface area contributed by atoms with E-state index in [9.17, 15) is 13.2 Å². The molecule has 9 heteroatoms. The second-order valence-electron chi connectivity index (χ2n) is 7.67. The van der Waals surface area contributed by atoms with Crippen LogP contribution in [0.5, 0.6) is 0 Å². The topological polar surface area (TPSA) is 99.3 Å². The lowest BCUT2D eigenvalue weighted by Crippen LogP contribution is -2.52. The van der Waals surface area contributed by atoms with E-state index in [1.165, 1.54) is 24.3 Å². The van der Waals surface area contributed by atoms with Gasteiger partial charge in [0.25, 0.3) is 5.91 Å². The van der Waals surface area contributed by atoms with Gasteiger partial charge in [-0.2, -0.15) is 0 Å². The standard InChI is InChI=1S/C16H26N4O3S2/c1-15(2,3)17-14(24)19-18-13(21)11-8-7-9-12(10-11)25(22,23)20-16(4,5)6/h7-10,20H,1-6H3,(H,18,21)(H2,17,19,24). The fourth-order valence-corrected chi connectivity index (χ4v) is 3.65. The molecule has 4 N–H and O–H groups in total. The Kier molecular flexibility index (Phi) is 6.55. The predicted octanol–water partition coefficient (Wildman–Crippen LogP) is 1.67. The van der Waals surface area contributed by atoms with Crippen LogP contribution < -0.4 is 20.9 Å². The van der Waals surface area contributed by atoms with E-state index in [2.05, 4.69) is 20.9 Å². The van der Waals surface area contributed by atoms with E-state index in [-0.39, 0.29) is 21.1 Å². The van der Waals surface area contributed by atoms with Gasteiger partial charge in [-0.05, 0) is 72.0 Å². The molecule has 0 saturated carbocycles. The van der Waals surface area contributed by atoms with Crippen molar-refractivity contribution in [2.24, 2.45) is 0 Å². The first kappa shape index (κ1) is 21.3. The van der Waals surface area contributed by atoms with E-state index in [0.29, 0.717) is 0 Å². The molecule has 0 atom stereocenters. The molecular weight excluding hydrogens is 360 g/mol. The van der Waals surface area contributed by atoms with Gasteiger partial charge in [-0.25, -0.2) is 13.1 Å². The SMILES string of the molecule is CC(C)(C)NC(=S)NNC(=O)c1cccc(S(=O)(=O)NC(C)(C)C)c1. The molecule has 1 aromatic rings. The van der Waals surface area contributed by atoms with Crippen LogP contribution in [0.4, 0.5) is 0 Å². The lowest BCUT2D eigenvalue weighted by Gasteiger charge is -2.23. The smallest absolute Gasteiger partial charge is 0.269 e. The van der Waals surface area contributed by atoms with Crippen LogP contribution in [-0.4, -0.2) is 30.5 Å². The van der Waals surface area contributed by atoms with Crippen molar-refractivity contribution >= 4 is 33.3 Å². The van der Waals surface area contributed by atoms with Crippen LogP contribution in [0.3, 0.4) is 0 Å². The Labute approximate surface area is 155 Å². The van der Waals surface area contributed by atoms with Gasteiger partial charge in [0.1, 0.15) is 0 Å². The summed E-state index contributed by atoms with van der Waals surface area (Å²) in [7, 11) is -3.72. The normalized spacial score (nSPS) is 12.4. The van der Waals surface area contributed by atoms with E-state index in [0.717, 1.165) is 0 Å². The third-order valence-corrected chi connectivity index (χ3v) is 4.58. The number of carbonyl (C=O) groups excluding carboxylic acids is 1. The average molecular weight is 387 g/mol. The Balaban J connectivity index is 2.84. The number of hydrogen-bond acceptors (Lipinski definition) is 4. The average Bonchev–Trinajstić information content (AvgIpc) is 2.40. The maximum absolute atomic E-state index is 12.4. The summed E-state index contributed by atoms with van der Waals surface area (Å²) < 4.78 is 27.3. The molecule has 0 fully saturated rings. The van der Waals surface area contributed by atoms with Crippen molar-refractivity contribution in [2.75, 3.05) is 0 Å². The summed E-state index contributed by atoms with van der Waals surface area (Å²) in [5.74, 6) is -0.495. The number of rotatable bonds is 3. The van der Waals surface area contributed by atoms with Crippen molar-refractivity contribution < 1.29 is 13.2 Å². The number of carbonyl (C=O) groups is 1. The summed E-state index contributed by atoms with van der Waals surface area (Å²) in [5.41, 5.74) is 4.36. The van der Waals surface area contributed by atoms with Crippen LogP contribution >= 0.6 is 12.2 Å².